The lowest BCUT2D eigenvalue weighted by Gasteiger charge is -2.05. The lowest BCUT2D eigenvalue weighted by molar-refractivity contribution is 0.0955. The van der Waals surface area contributed by atoms with Crippen molar-refractivity contribution >= 4 is 23.2 Å². The summed E-state index contributed by atoms with van der Waals surface area (Å²) in [6.45, 7) is 1.70. The summed E-state index contributed by atoms with van der Waals surface area (Å²) in [5.41, 5.74) is 3.93. The van der Waals surface area contributed by atoms with E-state index in [4.69, 9.17) is 11.6 Å². The van der Waals surface area contributed by atoms with Crippen molar-refractivity contribution in [1.29, 1.82) is 0 Å². The molecule has 0 heterocycles. The van der Waals surface area contributed by atoms with Gasteiger partial charge in [0.25, 0.3) is 5.91 Å². The molecule has 5 heteroatoms. The molecule has 0 aliphatic carbocycles. The number of halogens is 1. The molecule has 0 bridgehead atoms. The van der Waals surface area contributed by atoms with Crippen molar-refractivity contribution in [3.63, 3.8) is 0 Å². The molecule has 2 N–H and O–H groups in total. The number of phenols is 1. The van der Waals surface area contributed by atoms with Crippen LogP contribution in [0.2, 0.25) is 5.02 Å². The number of carbonyl (C=O) groups excluding carboxylic acids is 1. The zero-order chi connectivity index (χ0) is 14.5. The number of benzene rings is 2. The Morgan fingerprint density at radius 3 is 2.65 bits per heavy atom. The van der Waals surface area contributed by atoms with Crippen LogP contribution < -0.4 is 5.43 Å². The van der Waals surface area contributed by atoms with E-state index in [-0.39, 0.29) is 11.7 Å². The second kappa shape index (κ2) is 6.21. The Morgan fingerprint density at radius 2 is 1.95 bits per heavy atom. The summed E-state index contributed by atoms with van der Waals surface area (Å²) in [5.74, 6) is -0.243. The number of hydrogen-bond acceptors (Lipinski definition) is 3. The highest BCUT2D eigenvalue weighted by Gasteiger charge is 2.07. The summed E-state index contributed by atoms with van der Waals surface area (Å²) >= 11 is 5.82. The van der Waals surface area contributed by atoms with Crippen molar-refractivity contribution in [2.75, 3.05) is 0 Å². The first-order valence-electron chi connectivity index (χ1n) is 5.96. The summed E-state index contributed by atoms with van der Waals surface area (Å²) < 4.78 is 0. The molecule has 4 nitrogen and oxygen atoms in total. The van der Waals surface area contributed by atoms with Crippen LogP contribution in [-0.4, -0.2) is 16.7 Å². The maximum absolute atomic E-state index is 11.9. The number of rotatable bonds is 3. The van der Waals surface area contributed by atoms with Crippen molar-refractivity contribution in [1.82, 2.24) is 5.43 Å². The number of nitrogens with zero attached hydrogens (tertiary/aromatic N) is 1. The number of nitrogens with one attached hydrogen (secondary N) is 1. The quantitative estimate of drug-likeness (QED) is 0.673. The molecule has 0 spiro atoms. The monoisotopic (exact) mass is 288 g/mol. The van der Waals surface area contributed by atoms with E-state index in [1.54, 1.807) is 55.5 Å². The van der Waals surface area contributed by atoms with Gasteiger partial charge in [0, 0.05) is 16.1 Å². The number of hydrazone groups is 1. The van der Waals surface area contributed by atoms with Gasteiger partial charge in [0.05, 0.1) is 5.71 Å². The Morgan fingerprint density at radius 1 is 1.20 bits per heavy atom. The van der Waals surface area contributed by atoms with Gasteiger partial charge >= 0.3 is 0 Å². The van der Waals surface area contributed by atoms with E-state index in [0.717, 1.165) is 0 Å². The van der Waals surface area contributed by atoms with Crippen LogP contribution >= 0.6 is 11.6 Å². The fraction of sp³-hybridized carbons (Fsp3) is 0.0667. The lowest BCUT2D eigenvalue weighted by atomic mass is 10.1. The second-order valence-electron chi connectivity index (χ2n) is 4.17. The number of phenolic OH excluding ortho intramolecular Hbond substituents is 1. The van der Waals surface area contributed by atoms with Crippen molar-refractivity contribution in [3.05, 3.63) is 64.7 Å². The van der Waals surface area contributed by atoms with Gasteiger partial charge in [0.15, 0.2) is 0 Å². The summed E-state index contributed by atoms with van der Waals surface area (Å²) in [6, 6.07) is 13.4. The van der Waals surface area contributed by atoms with E-state index in [1.165, 1.54) is 0 Å². The molecule has 0 radical (unpaired) electrons. The predicted octanol–water partition coefficient (Wildman–Crippen LogP) is 3.20. The van der Waals surface area contributed by atoms with Gasteiger partial charge in [0.2, 0.25) is 0 Å². The Kier molecular flexibility index (Phi) is 4.38. The Bertz CT molecular complexity index is 668. The van der Waals surface area contributed by atoms with E-state index in [1.807, 2.05) is 0 Å². The van der Waals surface area contributed by atoms with Gasteiger partial charge in [0.1, 0.15) is 5.75 Å². The van der Waals surface area contributed by atoms with Gasteiger partial charge in [-0.2, -0.15) is 5.10 Å². The van der Waals surface area contributed by atoms with Gasteiger partial charge in [-0.05, 0) is 37.3 Å². The predicted molar refractivity (Wildman–Crippen MR) is 79.2 cm³/mol. The molecule has 0 fully saturated rings. The van der Waals surface area contributed by atoms with Gasteiger partial charge < -0.3 is 5.11 Å². The molecule has 20 heavy (non-hydrogen) atoms. The molecule has 0 atom stereocenters. The van der Waals surface area contributed by atoms with Crippen LogP contribution in [0.5, 0.6) is 5.75 Å². The minimum absolute atomic E-state index is 0.116. The highest BCUT2D eigenvalue weighted by molar-refractivity contribution is 6.30. The van der Waals surface area contributed by atoms with Crippen LogP contribution in [0.3, 0.4) is 0 Å². The molecule has 0 saturated carbocycles. The third kappa shape index (κ3) is 3.36. The Balaban J connectivity index is 2.13. The molecule has 0 aromatic heterocycles. The first kappa shape index (κ1) is 14.1. The minimum atomic E-state index is -0.359. The molecule has 2 rings (SSSR count). The largest absolute Gasteiger partial charge is 0.507 e. The van der Waals surface area contributed by atoms with Gasteiger partial charge in [-0.1, -0.05) is 29.8 Å². The molecule has 0 aliphatic rings. The second-order valence-corrected chi connectivity index (χ2v) is 4.60. The van der Waals surface area contributed by atoms with Crippen LogP contribution in [0, 0.1) is 0 Å². The molecule has 2 aromatic rings. The molecular weight excluding hydrogens is 276 g/mol. The average Bonchev–Trinajstić information content (AvgIpc) is 2.45. The molecule has 102 valence electrons. The number of hydrogen-bond donors (Lipinski definition) is 2. The molecule has 1 amide bonds. The molecule has 0 aliphatic heterocycles. The minimum Gasteiger partial charge on any atom is -0.507 e. The molecular formula is C15H13ClN2O2. The first-order valence-corrected chi connectivity index (χ1v) is 6.34. The number of carbonyl (C=O) groups is 1. The van der Waals surface area contributed by atoms with Crippen molar-refractivity contribution in [3.8, 4) is 5.75 Å². The maximum atomic E-state index is 11.9. The topological polar surface area (TPSA) is 61.7 Å². The summed E-state index contributed by atoms with van der Waals surface area (Å²) in [4.78, 5) is 11.9. The molecule has 0 unspecified atom stereocenters. The smallest absolute Gasteiger partial charge is 0.271 e. The van der Waals surface area contributed by atoms with E-state index >= 15 is 0 Å². The van der Waals surface area contributed by atoms with Crippen molar-refractivity contribution < 1.29 is 9.90 Å². The lowest BCUT2D eigenvalue weighted by Crippen LogP contribution is -2.19. The third-order valence-corrected chi connectivity index (χ3v) is 2.94. The van der Waals surface area contributed by atoms with E-state index in [2.05, 4.69) is 10.5 Å². The fourth-order valence-corrected chi connectivity index (χ4v) is 1.86. The third-order valence-electron chi connectivity index (χ3n) is 2.71. The maximum Gasteiger partial charge on any atom is 0.271 e. The van der Waals surface area contributed by atoms with E-state index < -0.39 is 0 Å². The van der Waals surface area contributed by atoms with Gasteiger partial charge in [-0.25, -0.2) is 5.43 Å². The van der Waals surface area contributed by atoms with Crippen LogP contribution in [0.25, 0.3) is 0 Å². The SMILES string of the molecule is C/C(=N/NC(=O)c1cccc(Cl)c1)c1ccccc1O. The van der Waals surface area contributed by atoms with Crippen LogP contribution in [0.1, 0.15) is 22.8 Å². The fourth-order valence-electron chi connectivity index (χ4n) is 1.67. The number of aromatic hydroxyl groups is 1. The molecule has 2 aromatic carbocycles. The van der Waals surface area contributed by atoms with E-state index in [9.17, 15) is 9.90 Å². The highest BCUT2D eigenvalue weighted by atomic mass is 35.5. The van der Waals surface area contributed by atoms with Crippen LogP contribution in [0.4, 0.5) is 0 Å². The number of para-hydroxylation sites is 1. The van der Waals surface area contributed by atoms with Crippen LogP contribution in [0.15, 0.2) is 53.6 Å². The Hall–Kier alpha value is -2.33. The van der Waals surface area contributed by atoms with E-state index in [0.29, 0.717) is 21.9 Å². The standard InChI is InChI=1S/C15H13ClN2O2/c1-10(13-7-2-3-8-14(13)19)17-18-15(20)11-5-4-6-12(16)9-11/h2-9,19H,1H3,(H,18,20)/b17-10-. The highest BCUT2D eigenvalue weighted by Crippen LogP contribution is 2.16. The van der Waals surface area contributed by atoms with Gasteiger partial charge in [-0.3, -0.25) is 4.79 Å². The zero-order valence-corrected chi connectivity index (χ0v) is 11.6. The summed E-state index contributed by atoms with van der Waals surface area (Å²) in [5, 5.41) is 14.1. The van der Waals surface area contributed by atoms with Crippen molar-refractivity contribution in [2.45, 2.75) is 6.92 Å². The summed E-state index contributed by atoms with van der Waals surface area (Å²) in [7, 11) is 0. The summed E-state index contributed by atoms with van der Waals surface area (Å²) in [6.07, 6.45) is 0. The Labute approximate surface area is 121 Å². The van der Waals surface area contributed by atoms with Crippen molar-refractivity contribution in [2.24, 2.45) is 5.10 Å². The molecule has 0 saturated heterocycles. The normalized spacial score (nSPS) is 11.2. The average molecular weight is 289 g/mol. The number of amides is 1. The van der Waals surface area contributed by atoms with Gasteiger partial charge in [-0.15, -0.1) is 0 Å². The van der Waals surface area contributed by atoms with Crippen LogP contribution in [-0.2, 0) is 0 Å². The zero-order valence-electron chi connectivity index (χ0n) is 10.8. The first-order chi connectivity index (χ1) is 9.58.